The first kappa shape index (κ1) is 15.0. The van der Waals surface area contributed by atoms with Gasteiger partial charge in [0, 0.05) is 12.6 Å². The van der Waals surface area contributed by atoms with E-state index in [1.54, 1.807) is 0 Å². The van der Waals surface area contributed by atoms with Crippen LogP contribution in [0.5, 0.6) is 0 Å². The van der Waals surface area contributed by atoms with Gasteiger partial charge in [0.2, 0.25) is 0 Å². The summed E-state index contributed by atoms with van der Waals surface area (Å²) < 4.78 is 0. The van der Waals surface area contributed by atoms with Crippen LogP contribution in [0.3, 0.4) is 0 Å². The molecule has 0 unspecified atom stereocenters. The third-order valence-corrected chi connectivity index (χ3v) is 3.92. The van der Waals surface area contributed by atoms with Crippen LogP contribution in [0.4, 0.5) is 0 Å². The van der Waals surface area contributed by atoms with E-state index in [1.165, 1.54) is 27.8 Å². The number of fused-ring (bicyclic) bond motifs is 3. The van der Waals surface area contributed by atoms with Gasteiger partial charge in [-0.05, 0) is 47.1 Å². The second-order valence-corrected chi connectivity index (χ2v) is 5.22. The van der Waals surface area contributed by atoms with Gasteiger partial charge >= 0.3 is 0 Å². The average molecular weight is 290 g/mol. The predicted molar refractivity (Wildman–Crippen MR) is 85.2 cm³/mol. The van der Waals surface area contributed by atoms with Crippen LogP contribution in [0.15, 0.2) is 42.5 Å². The lowest BCUT2D eigenvalue weighted by Crippen LogP contribution is -2.11. The number of halogens is 1. The molecule has 20 heavy (non-hydrogen) atoms. The minimum atomic E-state index is 0. The Morgan fingerprint density at radius 3 is 2.60 bits per heavy atom. The maximum Gasteiger partial charge on any atom is 0.0431 e. The molecule has 1 atom stereocenters. The maximum atomic E-state index is 8.88. The first-order chi connectivity index (χ1) is 9.29. The molecule has 0 radical (unpaired) electrons. The van der Waals surface area contributed by atoms with Crippen molar-refractivity contribution >= 4 is 12.4 Å². The number of benzene rings is 2. The summed E-state index contributed by atoms with van der Waals surface area (Å²) in [5.74, 6) is 0. The molecule has 2 aromatic rings. The monoisotopic (exact) mass is 289 g/mol. The van der Waals surface area contributed by atoms with E-state index in [4.69, 9.17) is 10.8 Å². The molecule has 3 rings (SSSR count). The summed E-state index contributed by atoms with van der Waals surface area (Å²) >= 11 is 0. The van der Waals surface area contributed by atoms with Gasteiger partial charge in [0.25, 0.3) is 0 Å². The molecule has 0 aliphatic heterocycles. The molecule has 106 valence electrons. The van der Waals surface area contributed by atoms with E-state index in [1.807, 2.05) is 0 Å². The summed E-state index contributed by atoms with van der Waals surface area (Å²) in [5, 5.41) is 8.88. The lowest BCUT2D eigenvalue weighted by Gasteiger charge is -2.13. The van der Waals surface area contributed by atoms with E-state index < -0.39 is 0 Å². The van der Waals surface area contributed by atoms with Crippen molar-refractivity contribution in [2.24, 2.45) is 5.73 Å². The molecule has 0 saturated heterocycles. The van der Waals surface area contributed by atoms with E-state index in [0.29, 0.717) is 0 Å². The van der Waals surface area contributed by atoms with Gasteiger partial charge in [0.05, 0.1) is 0 Å². The molecular weight excluding hydrogens is 270 g/mol. The van der Waals surface area contributed by atoms with Crippen molar-refractivity contribution in [3.63, 3.8) is 0 Å². The Morgan fingerprint density at radius 2 is 1.80 bits per heavy atom. The van der Waals surface area contributed by atoms with Crippen molar-refractivity contribution in [2.75, 3.05) is 6.61 Å². The van der Waals surface area contributed by atoms with Crippen LogP contribution in [0.2, 0.25) is 0 Å². The molecule has 0 spiro atoms. The Balaban J connectivity index is 0.00000147. The number of hydrogen-bond acceptors (Lipinski definition) is 2. The molecule has 2 aromatic carbocycles. The molecule has 0 aromatic heterocycles. The van der Waals surface area contributed by atoms with Gasteiger partial charge in [0.15, 0.2) is 0 Å². The highest BCUT2D eigenvalue weighted by atomic mass is 35.5. The zero-order chi connectivity index (χ0) is 13.2. The number of aliphatic hydroxyl groups excluding tert-OH is 1. The normalized spacial score (nSPS) is 13.3. The summed E-state index contributed by atoms with van der Waals surface area (Å²) in [7, 11) is 0. The van der Waals surface area contributed by atoms with E-state index in [9.17, 15) is 0 Å². The van der Waals surface area contributed by atoms with Gasteiger partial charge in [-0.15, -0.1) is 12.4 Å². The van der Waals surface area contributed by atoms with Crippen LogP contribution in [-0.2, 0) is 6.42 Å². The zero-order valence-corrected chi connectivity index (χ0v) is 12.2. The molecule has 0 amide bonds. The Labute approximate surface area is 126 Å². The standard InChI is InChI=1S/C17H19NO.ClH/c18-17(6-3-9-19)13-7-8-16-14(11-13)10-12-4-1-2-5-15(12)16;/h1-2,4-5,7-8,11,17,19H,3,6,9-10,18H2;1H/t17-;/m0./s1. The van der Waals surface area contributed by atoms with Gasteiger partial charge in [-0.1, -0.05) is 42.5 Å². The minimum absolute atomic E-state index is 0. The lowest BCUT2D eigenvalue weighted by molar-refractivity contribution is 0.280. The van der Waals surface area contributed by atoms with Gasteiger partial charge < -0.3 is 10.8 Å². The zero-order valence-electron chi connectivity index (χ0n) is 11.4. The van der Waals surface area contributed by atoms with Crippen LogP contribution in [0.25, 0.3) is 11.1 Å². The van der Waals surface area contributed by atoms with E-state index >= 15 is 0 Å². The summed E-state index contributed by atoms with van der Waals surface area (Å²) in [6, 6.07) is 15.2. The maximum absolute atomic E-state index is 8.88. The van der Waals surface area contributed by atoms with E-state index in [2.05, 4.69) is 42.5 Å². The third kappa shape index (κ3) is 2.73. The van der Waals surface area contributed by atoms with Crippen LogP contribution in [0.1, 0.15) is 35.6 Å². The fourth-order valence-corrected chi connectivity index (χ4v) is 2.87. The molecule has 0 fully saturated rings. The number of aliphatic hydroxyl groups is 1. The Kier molecular flexibility index (Phi) is 4.81. The summed E-state index contributed by atoms with van der Waals surface area (Å²) in [4.78, 5) is 0. The second-order valence-electron chi connectivity index (χ2n) is 5.22. The van der Waals surface area contributed by atoms with Gasteiger partial charge in [-0.3, -0.25) is 0 Å². The Hall–Kier alpha value is -1.35. The fourth-order valence-electron chi connectivity index (χ4n) is 2.87. The molecule has 1 aliphatic carbocycles. The molecule has 0 heterocycles. The number of nitrogens with two attached hydrogens (primary N) is 1. The molecule has 2 nitrogen and oxygen atoms in total. The van der Waals surface area contributed by atoms with E-state index in [0.717, 1.165) is 19.3 Å². The molecule has 1 aliphatic rings. The van der Waals surface area contributed by atoms with Crippen molar-refractivity contribution in [1.29, 1.82) is 0 Å². The van der Waals surface area contributed by atoms with Crippen molar-refractivity contribution in [1.82, 2.24) is 0 Å². The highest BCUT2D eigenvalue weighted by molar-refractivity contribution is 5.85. The Morgan fingerprint density at radius 1 is 1.05 bits per heavy atom. The van der Waals surface area contributed by atoms with Crippen LogP contribution in [0, 0.1) is 0 Å². The van der Waals surface area contributed by atoms with Gasteiger partial charge in [-0.25, -0.2) is 0 Å². The van der Waals surface area contributed by atoms with Crippen molar-refractivity contribution in [2.45, 2.75) is 25.3 Å². The first-order valence-corrected chi connectivity index (χ1v) is 6.87. The third-order valence-electron chi connectivity index (χ3n) is 3.92. The van der Waals surface area contributed by atoms with Crippen LogP contribution >= 0.6 is 12.4 Å². The molecule has 0 bridgehead atoms. The highest BCUT2D eigenvalue weighted by Crippen LogP contribution is 2.37. The molecule has 3 N–H and O–H groups in total. The van der Waals surface area contributed by atoms with Crippen molar-refractivity contribution < 1.29 is 5.11 Å². The highest BCUT2D eigenvalue weighted by Gasteiger charge is 2.18. The van der Waals surface area contributed by atoms with Crippen LogP contribution < -0.4 is 5.73 Å². The lowest BCUT2D eigenvalue weighted by atomic mass is 9.97. The van der Waals surface area contributed by atoms with Gasteiger partial charge in [-0.2, -0.15) is 0 Å². The van der Waals surface area contributed by atoms with Crippen molar-refractivity contribution in [3.8, 4) is 11.1 Å². The average Bonchev–Trinajstić information content (AvgIpc) is 2.82. The topological polar surface area (TPSA) is 46.2 Å². The molecule has 3 heteroatoms. The summed E-state index contributed by atoms with van der Waals surface area (Å²) in [6.07, 6.45) is 2.60. The fraction of sp³-hybridized carbons (Fsp3) is 0.294. The molecular formula is C17H20ClNO. The number of rotatable bonds is 4. The summed E-state index contributed by atoms with van der Waals surface area (Å²) in [6.45, 7) is 0.212. The smallest absolute Gasteiger partial charge is 0.0431 e. The largest absolute Gasteiger partial charge is 0.396 e. The SMILES string of the molecule is Cl.N[C@@H](CCCO)c1ccc2c(c1)Cc1ccccc1-2. The van der Waals surface area contributed by atoms with Crippen LogP contribution in [-0.4, -0.2) is 11.7 Å². The minimum Gasteiger partial charge on any atom is -0.396 e. The first-order valence-electron chi connectivity index (χ1n) is 6.87. The molecule has 0 saturated carbocycles. The predicted octanol–water partition coefficient (Wildman–Crippen LogP) is 3.45. The van der Waals surface area contributed by atoms with Crippen molar-refractivity contribution in [3.05, 3.63) is 59.2 Å². The number of hydrogen-bond donors (Lipinski definition) is 2. The second kappa shape index (κ2) is 6.40. The quantitative estimate of drug-likeness (QED) is 0.773. The van der Waals surface area contributed by atoms with E-state index in [-0.39, 0.29) is 25.1 Å². The van der Waals surface area contributed by atoms with Gasteiger partial charge in [0.1, 0.15) is 0 Å². The summed E-state index contributed by atoms with van der Waals surface area (Å²) in [5.41, 5.74) is 12.8. The Bertz CT molecular complexity index is 597.